The second kappa shape index (κ2) is 10.1. The summed E-state index contributed by atoms with van der Waals surface area (Å²) in [7, 11) is 0. The lowest BCUT2D eigenvalue weighted by Gasteiger charge is -2.18. The van der Waals surface area contributed by atoms with Crippen molar-refractivity contribution in [2.45, 2.75) is 46.3 Å². The molecule has 160 valence electrons. The smallest absolute Gasteiger partial charge is 0.227 e. The monoisotopic (exact) mass is 410 g/mol. The van der Waals surface area contributed by atoms with Crippen LogP contribution >= 0.6 is 0 Å². The van der Waals surface area contributed by atoms with Crippen molar-refractivity contribution in [2.75, 3.05) is 18.1 Å². The fourth-order valence-electron chi connectivity index (χ4n) is 3.42. The van der Waals surface area contributed by atoms with E-state index in [9.17, 15) is 9.59 Å². The van der Waals surface area contributed by atoms with Crippen LogP contribution in [0.5, 0.6) is 11.5 Å². The van der Waals surface area contributed by atoms with Crippen molar-refractivity contribution in [2.24, 2.45) is 5.92 Å². The molecule has 1 fully saturated rings. The van der Waals surface area contributed by atoms with E-state index in [0.29, 0.717) is 19.7 Å². The summed E-state index contributed by atoms with van der Waals surface area (Å²) in [5.74, 6) is 1.02. The van der Waals surface area contributed by atoms with E-state index in [4.69, 9.17) is 9.47 Å². The normalized spacial score (nSPS) is 16.1. The molecule has 0 saturated carbocycles. The molecule has 0 unspecified atom stereocenters. The zero-order valence-electron chi connectivity index (χ0n) is 17.9. The lowest BCUT2D eigenvalue weighted by atomic mass is 10.1. The third-order valence-corrected chi connectivity index (χ3v) is 4.91. The maximum atomic E-state index is 12.7. The van der Waals surface area contributed by atoms with E-state index < -0.39 is 0 Å². The Morgan fingerprint density at radius 2 is 1.90 bits per heavy atom. The summed E-state index contributed by atoms with van der Waals surface area (Å²) in [6, 6.07) is 15.1. The van der Waals surface area contributed by atoms with Crippen molar-refractivity contribution in [3.8, 4) is 11.5 Å². The van der Waals surface area contributed by atoms with Gasteiger partial charge >= 0.3 is 0 Å². The van der Waals surface area contributed by atoms with E-state index in [2.05, 4.69) is 12.2 Å². The minimum atomic E-state index is -0.369. The highest BCUT2D eigenvalue weighted by Crippen LogP contribution is 2.27. The number of nitrogens with one attached hydrogen (secondary N) is 1. The highest BCUT2D eigenvalue weighted by molar-refractivity contribution is 6.00. The number of nitrogens with zero attached hydrogens (tertiary/aromatic N) is 1. The van der Waals surface area contributed by atoms with Gasteiger partial charge in [0.25, 0.3) is 0 Å². The van der Waals surface area contributed by atoms with Gasteiger partial charge in [0, 0.05) is 30.8 Å². The number of carbonyl (C=O) groups is 2. The predicted molar refractivity (Wildman–Crippen MR) is 117 cm³/mol. The van der Waals surface area contributed by atoms with Crippen LogP contribution in [0.3, 0.4) is 0 Å². The van der Waals surface area contributed by atoms with Gasteiger partial charge < -0.3 is 19.7 Å². The number of para-hydroxylation sites is 1. The molecule has 1 aliphatic rings. The zero-order chi connectivity index (χ0) is 21.5. The van der Waals surface area contributed by atoms with Gasteiger partial charge in [-0.2, -0.15) is 0 Å². The van der Waals surface area contributed by atoms with Crippen LogP contribution < -0.4 is 19.7 Å². The fourth-order valence-corrected chi connectivity index (χ4v) is 3.42. The van der Waals surface area contributed by atoms with E-state index in [-0.39, 0.29) is 30.3 Å². The van der Waals surface area contributed by atoms with Gasteiger partial charge in [0.15, 0.2) is 0 Å². The molecule has 0 aliphatic carbocycles. The molecule has 3 rings (SSSR count). The quantitative estimate of drug-likeness (QED) is 0.680. The number of hydrogen-bond acceptors (Lipinski definition) is 4. The van der Waals surface area contributed by atoms with Crippen LogP contribution in [0, 0.1) is 5.92 Å². The highest BCUT2D eigenvalue weighted by atomic mass is 16.5. The minimum absolute atomic E-state index is 0.0408. The summed E-state index contributed by atoms with van der Waals surface area (Å²) in [4.78, 5) is 26.9. The molecular weight excluding hydrogens is 380 g/mol. The maximum Gasteiger partial charge on any atom is 0.227 e. The van der Waals surface area contributed by atoms with Gasteiger partial charge in [-0.05, 0) is 50.6 Å². The number of ether oxygens (including phenoxy) is 2. The molecule has 0 aromatic heterocycles. The van der Waals surface area contributed by atoms with Crippen molar-refractivity contribution in [3.63, 3.8) is 0 Å². The van der Waals surface area contributed by atoms with Gasteiger partial charge in [0.2, 0.25) is 11.8 Å². The summed E-state index contributed by atoms with van der Waals surface area (Å²) in [5, 5.41) is 2.96. The highest BCUT2D eigenvalue weighted by Gasteiger charge is 2.35. The first-order valence-electron chi connectivity index (χ1n) is 10.5. The molecule has 0 radical (unpaired) electrons. The van der Waals surface area contributed by atoms with Gasteiger partial charge in [-0.3, -0.25) is 9.59 Å². The lowest BCUT2D eigenvalue weighted by Crippen LogP contribution is -2.32. The topological polar surface area (TPSA) is 67.9 Å². The van der Waals surface area contributed by atoms with Gasteiger partial charge in [0.05, 0.1) is 18.6 Å². The molecule has 1 saturated heterocycles. The van der Waals surface area contributed by atoms with E-state index in [0.717, 1.165) is 29.2 Å². The van der Waals surface area contributed by atoms with Crippen LogP contribution in [0.4, 0.5) is 5.69 Å². The number of hydrogen-bond donors (Lipinski definition) is 1. The SMILES string of the molecule is CCCOc1ccc(N2C[C@H](C(=O)NCc3ccccc3OC(C)C)CC2=O)cc1. The van der Waals surface area contributed by atoms with Crippen LogP contribution in [0.15, 0.2) is 48.5 Å². The van der Waals surface area contributed by atoms with Gasteiger partial charge in [-0.1, -0.05) is 25.1 Å². The Bertz CT molecular complexity index is 864. The molecular formula is C24H30N2O4. The third-order valence-electron chi connectivity index (χ3n) is 4.91. The third kappa shape index (κ3) is 5.53. The van der Waals surface area contributed by atoms with E-state index in [1.54, 1.807) is 4.90 Å². The van der Waals surface area contributed by atoms with E-state index in [1.807, 2.05) is 62.4 Å². The van der Waals surface area contributed by atoms with Crippen molar-refractivity contribution in [3.05, 3.63) is 54.1 Å². The molecule has 1 aliphatic heterocycles. The Balaban J connectivity index is 1.58. The zero-order valence-corrected chi connectivity index (χ0v) is 17.9. The van der Waals surface area contributed by atoms with Crippen LogP contribution in [-0.2, 0) is 16.1 Å². The van der Waals surface area contributed by atoms with Gasteiger partial charge in [0.1, 0.15) is 11.5 Å². The largest absolute Gasteiger partial charge is 0.494 e. The molecule has 1 atom stereocenters. The molecule has 6 nitrogen and oxygen atoms in total. The molecule has 1 N–H and O–H groups in total. The van der Waals surface area contributed by atoms with Crippen molar-refractivity contribution in [1.82, 2.24) is 5.32 Å². The summed E-state index contributed by atoms with van der Waals surface area (Å²) >= 11 is 0. The standard InChI is InChI=1S/C24H30N2O4/c1-4-13-29-21-11-9-20(10-12-21)26-16-19(14-23(26)27)24(28)25-15-18-7-5-6-8-22(18)30-17(2)3/h5-12,17,19H,4,13-16H2,1-3H3,(H,25,28)/t19-/m1/s1. The number of amides is 2. The molecule has 2 aromatic rings. The Hall–Kier alpha value is -3.02. The molecule has 2 aromatic carbocycles. The van der Waals surface area contributed by atoms with Crippen molar-refractivity contribution >= 4 is 17.5 Å². The van der Waals surface area contributed by atoms with Gasteiger partial charge in [-0.25, -0.2) is 0 Å². The molecule has 0 bridgehead atoms. The second-order valence-corrected chi connectivity index (χ2v) is 7.74. The van der Waals surface area contributed by atoms with Crippen LogP contribution in [0.2, 0.25) is 0 Å². The predicted octanol–water partition coefficient (Wildman–Crippen LogP) is 3.93. The van der Waals surface area contributed by atoms with Crippen LogP contribution in [0.1, 0.15) is 39.2 Å². The first-order chi connectivity index (χ1) is 14.5. The van der Waals surface area contributed by atoms with Crippen molar-refractivity contribution in [1.29, 1.82) is 0 Å². The van der Waals surface area contributed by atoms with E-state index in [1.165, 1.54) is 0 Å². The Labute approximate surface area is 178 Å². The summed E-state index contributed by atoms with van der Waals surface area (Å²) in [6.07, 6.45) is 1.21. The molecule has 0 spiro atoms. The lowest BCUT2D eigenvalue weighted by molar-refractivity contribution is -0.126. The molecule has 2 amide bonds. The fraction of sp³-hybridized carbons (Fsp3) is 0.417. The number of anilines is 1. The van der Waals surface area contributed by atoms with Crippen molar-refractivity contribution < 1.29 is 19.1 Å². The van der Waals surface area contributed by atoms with Gasteiger partial charge in [-0.15, -0.1) is 0 Å². The minimum Gasteiger partial charge on any atom is -0.494 e. The average Bonchev–Trinajstić information content (AvgIpc) is 3.13. The Morgan fingerprint density at radius 1 is 1.17 bits per heavy atom. The summed E-state index contributed by atoms with van der Waals surface area (Å²) < 4.78 is 11.4. The molecule has 1 heterocycles. The van der Waals surface area contributed by atoms with E-state index >= 15 is 0 Å². The first kappa shape index (κ1) is 21.7. The first-order valence-corrected chi connectivity index (χ1v) is 10.5. The second-order valence-electron chi connectivity index (χ2n) is 7.74. The summed E-state index contributed by atoms with van der Waals surface area (Å²) in [5.41, 5.74) is 1.71. The maximum absolute atomic E-state index is 12.7. The molecule has 30 heavy (non-hydrogen) atoms. The average molecular weight is 411 g/mol. The molecule has 6 heteroatoms. The van der Waals surface area contributed by atoms with Crippen LogP contribution in [-0.4, -0.2) is 31.1 Å². The Morgan fingerprint density at radius 3 is 2.60 bits per heavy atom. The number of benzene rings is 2. The number of rotatable bonds is 9. The Kier molecular flexibility index (Phi) is 7.33. The summed E-state index contributed by atoms with van der Waals surface area (Å²) in [6.45, 7) is 7.40. The number of carbonyl (C=O) groups excluding carboxylic acids is 2. The van der Waals surface area contributed by atoms with Crippen LogP contribution in [0.25, 0.3) is 0 Å².